The number of aliphatic hydroxyl groups excluding tert-OH is 1. The van der Waals surface area contributed by atoms with Crippen LogP contribution in [-0.4, -0.2) is 28.3 Å². The number of hydrogen-bond acceptors (Lipinski definition) is 3. The Balaban J connectivity index is 1.89. The molecular weight excluding hydrogens is 481 g/mol. The van der Waals surface area contributed by atoms with E-state index in [1.807, 2.05) is 0 Å². The first kappa shape index (κ1) is 27.3. The highest BCUT2D eigenvalue weighted by atomic mass is 19.4. The topological polar surface area (TPSA) is 69.6 Å². The molecule has 0 saturated carbocycles. The molecule has 3 aromatic carbocycles. The number of aliphatic carboxylic acids is 1. The zero-order valence-electron chi connectivity index (χ0n) is 19.7. The second-order valence-electron chi connectivity index (χ2n) is 8.83. The van der Waals surface area contributed by atoms with E-state index >= 15 is 0 Å². The van der Waals surface area contributed by atoms with Crippen molar-refractivity contribution in [3.05, 3.63) is 94.0 Å². The highest BCUT2D eigenvalue weighted by molar-refractivity contribution is 5.78. The molecule has 3 rings (SSSR count). The summed E-state index contributed by atoms with van der Waals surface area (Å²) in [6.45, 7) is 2.22. The van der Waals surface area contributed by atoms with E-state index < -0.39 is 41.5 Å². The van der Waals surface area contributed by atoms with Crippen LogP contribution >= 0.6 is 0 Å². The maximum atomic E-state index is 14.4. The Kier molecular flexibility index (Phi) is 8.15. The average molecular weight is 507 g/mol. The standard InChI is InChI=1S/C27H26F5NO3/c1-16-18(5-3-6-20(16)21-7-4-8-23(28)24(21)29)10-11-19-13-17(9-12-22(19)27(30,31)32)14-33-26(2,15-34)25(35)36/h3-9,12-13,33-34H,10-11,14-15H2,1-2H3,(H,35,36). The largest absolute Gasteiger partial charge is 0.480 e. The Hall–Kier alpha value is -3.30. The minimum Gasteiger partial charge on any atom is -0.480 e. The number of aliphatic hydroxyl groups is 1. The van der Waals surface area contributed by atoms with Gasteiger partial charge in [0.2, 0.25) is 0 Å². The third kappa shape index (κ3) is 5.91. The number of hydrogen-bond donors (Lipinski definition) is 3. The molecule has 0 amide bonds. The second kappa shape index (κ2) is 10.8. The van der Waals surface area contributed by atoms with Crippen LogP contribution in [0.25, 0.3) is 11.1 Å². The van der Waals surface area contributed by atoms with Gasteiger partial charge in [0.15, 0.2) is 11.6 Å². The molecule has 192 valence electrons. The lowest BCUT2D eigenvalue weighted by Crippen LogP contribution is -2.52. The predicted octanol–water partition coefficient (Wildman–Crippen LogP) is 5.67. The summed E-state index contributed by atoms with van der Waals surface area (Å²) in [4.78, 5) is 11.4. The fourth-order valence-corrected chi connectivity index (χ4v) is 3.96. The van der Waals surface area contributed by atoms with Crippen LogP contribution in [0.15, 0.2) is 54.6 Å². The number of aryl methyl sites for hydroxylation is 2. The highest BCUT2D eigenvalue weighted by Crippen LogP contribution is 2.34. The molecule has 3 N–H and O–H groups in total. The number of benzene rings is 3. The van der Waals surface area contributed by atoms with Crippen LogP contribution in [0.1, 0.15) is 34.7 Å². The molecule has 0 radical (unpaired) electrons. The monoisotopic (exact) mass is 507 g/mol. The first-order valence-corrected chi connectivity index (χ1v) is 11.2. The van der Waals surface area contributed by atoms with Crippen molar-refractivity contribution in [2.45, 2.75) is 44.9 Å². The van der Waals surface area contributed by atoms with Crippen molar-refractivity contribution in [2.75, 3.05) is 6.61 Å². The van der Waals surface area contributed by atoms with Gasteiger partial charge in [-0.2, -0.15) is 13.2 Å². The molecule has 0 bridgehead atoms. The molecule has 0 aliphatic heterocycles. The molecule has 0 aliphatic rings. The van der Waals surface area contributed by atoms with Crippen LogP contribution in [0.5, 0.6) is 0 Å². The number of carboxylic acids is 1. The maximum Gasteiger partial charge on any atom is 0.416 e. The number of nitrogens with one attached hydrogen (secondary N) is 1. The minimum absolute atomic E-state index is 0.00874. The first-order valence-electron chi connectivity index (χ1n) is 11.2. The molecule has 0 spiro atoms. The molecule has 0 aliphatic carbocycles. The third-order valence-electron chi connectivity index (χ3n) is 6.30. The molecule has 0 saturated heterocycles. The third-order valence-corrected chi connectivity index (χ3v) is 6.30. The highest BCUT2D eigenvalue weighted by Gasteiger charge is 2.34. The Bertz CT molecular complexity index is 1260. The lowest BCUT2D eigenvalue weighted by molar-refractivity contribution is -0.146. The van der Waals surface area contributed by atoms with E-state index in [0.29, 0.717) is 22.3 Å². The maximum absolute atomic E-state index is 14.4. The van der Waals surface area contributed by atoms with Gasteiger partial charge in [0.05, 0.1) is 12.2 Å². The van der Waals surface area contributed by atoms with Crippen LogP contribution < -0.4 is 5.32 Å². The van der Waals surface area contributed by atoms with Gasteiger partial charge < -0.3 is 10.2 Å². The second-order valence-corrected chi connectivity index (χ2v) is 8.83. The fourth-order valence-electron chi connectivity index (χ4n) is 3.96. The van der Waals surface area contributed by atoms with Gasteiger partial charge in [-0.25, -0.2) is 8.78 Å². The van der Waals surface area contributed by atoms with E-state index in [1.54, 1.807) is 25.1 Å². The molecule has 3 aromatic rings. The molecular formula is C27H26F5NO3. The van der Waals surface area contributed by atoms with E-state index in [4.69, 9.17) is 0 Å². The first-order chi connectivity index (χ1) is 16.9. The Morgan fingerprint density at radius 3 is 2.22 bits per heavy atom. The van der Waals surface area contributed by atoms with Gasteiger partial charge in [-0.05, 0) is 66.6 Å². The number of carboxylic acid groups (broad SMARTS) is 1. The lowest BCUT2D eigenvalue weighted by Gasteiger charge is -2.24. The summed E-state index contributed by atoms with van der Waals surface area (Å²) in [6, 6.07) is 12.4. The summed E-state index contributed by atoms with van der Waals surface area (Å²) < 4.78 is 69.1. The van der Waals surface area contributed by atoms with Crippen LogP contribution in [0, 0.1) is 18.6 Å². The quantitative estimate of drug-likeness (QED) is 0.327. The number of halogens is 5. The fraction of sp³-hybridized carbons (Fsp3) is 0.296. The van der Waals surface area contributed by atoms with E-state index in [1.165, 1.54) is 31.2 Å². The van der Waals surface area contributed by atoms with Gasteiger partial charge in [0.25, 0.3) is 0 Å². The molecule has 0 heterocycles. The molecule has 36 heavy (non-hydrogen) atoms. The average Bonchev–Trinajstić information content (AvgIpc) is 2.83. The Morgan fingerprint density at radius 2 is 1.58 bits per heavy atom. The number of carbonyl (C=O) groups is 1. The zero-order valence-corrected chi connectivity index (χ0v) is 19.7. The number of alkyl halides is 3. The molecule has 0 aromatic heterocycles. The van der Waals surface area contributed by atoms with Crippen molar-refractivity contribution in [1.29, 1.82) is 0 Å². The normalized spacial score (nSPS) is 13.4. The van der Waals surface area contributed by atoms with Gasteiger partial charge in [-0.1, -0.05) is 42.5 Å². The van der Waals surface area contributed by atoms with Gasteiger partial charge in [0.1, 0.15) is 5.54 Å². The minimum atomic E-state index is -4.59. The van der Waals surface area contributed by atoms with E-state index in [2.05, 4.69) is 5.32 Å². The Morgan fingerprint density at radius 1 is 0.944 bits per heavy atom. The van der Waals surface area contributed by atoms with Gasteiger partial charge in [-0.3, -0.25) is 10.1 Å². The van der Waals surface area contributed by atoms with Crippen LogP contribution in [-0.2, 0) is 30.4 Å². The molecule has 0 fully saturated rings. The zero-order chi connectivity index (χ0) is 26.7. The summed E-state index contributed by atoms with van der Waals surface area (Å²) in [6.07, 6.45) is -4.38. The van der Waals surface area contributed by atoms with E-state index in [0.717, 1.165) is 12.1 Å². The Labute approximate surface area is 205 Å². The van der Waals surface area contributed by atoms with Crippen molar-refractivity contribution in [3.63, 3.8) is 0 Å². The molecule has 1 unspecified atom stereocenters. The molecule has 1 atom stereocenters. The van der Waals surface area contributed by atoms with Crippen LogP contribution in [0.3, 0.4) is 0 Å². The van der Waals surface area contributed by atoms with Gasteiger partial charge in [0, 0.05) is 12.1 Å². The summed E-state index contributed by atoms with van der Waals surface area (Å²) in [7, 11) is 0. The molecule has 9 heteroatoms. The van der Waals surface area contributed by atoms with Crippen LogP contribution in [0.4, 0.5) is 22.0 Å². The van der Waals surface area contributed by atoms with Crippen molar-refractivity contribution >= 4 is 5.97 Å². The predicted molar refractivity (Wildman–Crippen MR) is 125 cm³/mol. The van der Waals surface area contributed by atoms with Gasteiger partial charge >= 0.3 is 12.1 Å². The van der Waals surface area contributed by atoms with Crippen molar-refractivity contribution in [1.82, 2.24) is 5.32 Å². The van der Waals surface area contributed by atoms with Crippen molar-refractivity contribution < 1.29 is 37.0 Å². The molecule has 4 nitrogen and oxygen atoms in total. The number of rotatable bonds is 9. The summed E-state index contributed by atoms with van der Waals surface area (Å²) in [5.74, 6) is -3.27. The van der Waals surface area contributed by atoms with Crippen molar-refractivity contribution in [2.24, 2.45) is 0 Å². The summed E-state index contributed by atoms with van der Waals surface area (Å²) in [5.41, 5.74) is -0.165. The van der Waals surface area contributed by atoms with Gasteiger partial charge in [-0.15, -0.1) is 0 Å². The summed E-state index contributed by atoms with van der Waals surface area (Å²) in [5, 5.41) is 21.3. The van der Waals surface area contributed by atoms with E-state index in [9.17, 15) is 37.0 Å². The lowest BCUT2D eigenvalue weighted by atomic mass is 9.91. The van der Waals surface area contributed by atoms with Crippen LogP contribution in [0.2, 0.25) is 0 Å². The van der Waals surface area contributed by atoms with Crippen molar-refractivity contribution in [3.8, 4) is 11.1 Å². The van der Waals surface area contributed by atoms with E-state index in [-0.39, 0.29) is 30.5 Å². The SMILES string of the molecule is Cc1c(CCc2cc(CNC(C)(CO)C(=O)O)ccc2C(F)(F)F)cccc1-c1cccc(F)c1F. The smallest absolute Gasteiger partial charge is 0.416 e. The summed E-state index contributed by atoms with van der Waals surface area (Å²) >= 11 is 0.